The van der Waals surface area contributed by atoms with Gasteiger partial charge in [-0.25, -0.2) is 13.6 Å². The number of nitrogens with zero attached hydrogens (tertiary/aromatic N) is 7. The Bertz CT molecular complexity index is 1850. The summed E-state index contributed by atoms with van der Waals surface area (Å²) in [5.41, 5.74) is 0.228. The van der Waals surface area contributed by atoms with Crippen LogP contribution in [0, 0.1) is 23.0 Å². The Morgan fingerprint density at radius 3 is 2.73 bits per heavy atom. The molecule has 2 aromatic carbocycles. The van der Waals surface area contributed by atoms with E-state index in [4.69, 9.17) is 21.3 Å². The number of nitriles is 1. The van der Waals surface area contributed by atoms with E-state index in [-0.39, 0.29) is 54.3 Å². The summed E-state index contributed by atoms with van der Waals surface area (Å²) >= 11 is 6.37. The fourth-order valence-electron chi connectivity index (χ4n) is 6.70. The Hall–Kier alpha value is -4.34. The van der Waals surface area contributed by atoms with Crippen LogP contribution >= 0.6 is 11.6 Å². The average Bonchev–Trinajstić information content (AvgIpc) is 3.78. The topological polar surface area (TPSA) is 119 Å². The number of benzene rings is 2. The van der Waals surface area contributed by atoms with Gasteiger partial charge in [0.05, 0.1) is 28.9 Å². The molecule has 2 aliphatic heterocycles. The second-order valence-corrected chi connectivity index (χ2v) is 12.2. The molecule has 45 heavy (non-hydrogen) atoms. The normalized spacial score (nSPS) is 20.6. The lowest BCUT2D eigenvalue weighted by atomic mass is 10.0. The first kappa shape index (κ1) is 29.4. The summed E-state index contributed by atoms with van der Waals surface area (Å²) in [5.74, 6) is -1.03. The number of hydrogen-bond acceptors (Lipinski definition) is 8. The summed E-state index contributed by atoms with van der Waals surface area (Å²) in [6.07, 6.45) is 4.79. The predicted octanol–water partition coefficient (Wildman–Crippen LogP) is 5.86. The van der Waals surface area contributed by atoms with Crippen LogP contribution in [0.2, 0.25) is 5.02 Å². The number of halogens is 3. The van der Waals surface area contributed by atoms with E-state index in [1.807, 2.05) is 4.90 Å². The number of hydrogen-bond donors (Lipinski definition) is 1. The van der Waals surface area contributed by atoms with Crippen molar-refractivity contribution in [2.75, 3.05) is 37.7 Å². The minimum absolute atomic E-state index is 0.00399. The van der Waals surface area contributed by atoms with Crippen LogP contribution in [0.5, 0.6) is 6.01 Å². The van der Waals surface area contributed by atoms with E-state index < -0.39 is 23.8 Å². The molecule has 1 N–H and O–H groups in total. The van der Waals surface area contributed by atoms with Gasteiger partial charge in [0.15, 0.2) is 5.82 Å². The van der Waals surface area contributed by atoms with Crippen molar-refractivity contribution >= 4 is 45.2 Å². The van der Waals surface area contributed by atoms with Crippen LogP contribution in [0.4, 0.5) is 19.4 Å². The Morgan fingerprint density at radius 1 is 1.11 bits per heavy atom. The van der Waals surface area contributed by atoms with Crippen LogP contribution in [0.3, 0.4) is 0 Å². The monoisotopic (exact) mass is 633 g/mol. The van der Waals surface area contributed by atoms with Crippen LogP contribution in [-0.2, 0) is 0 Å². The molecule has 7 rings (SSSR count). The van der Waals surface area contributed by atoms with Crippen molar-refractivity contribution in [1.82, 2.24) is 24.8 Å². The number of piperazine rings is 1. The minimum atomic E-state index is -1.11. The van der Waals surface area contributed by atoms with Gasteiger partial charge in [-0.15, -0.1) is 0 Å². The molecule has 0 radical (unpaired) electrons. The van der Waals surface area contributed by atoms with Gasteiger partial charge < -0.3 is 19.6 Å². The summed E-state index contributed by atoms with van der Waals surface area (Å²) in [6, 6.07) is 10.2. The van der Waals surface area contributed by atoms with Gasteiger partial charge in [-0.1, -0.05) is 35.9 Å². The molecule has 4 heterocycles. The zero-order chi connectivity index (χ0) is 31.2. The van der Waals surface area contributed by atoms with Gasteiger partial charge in [0.25, 0.3) is 0 Å². The van der Waals surface area contributed by atoms with Gasteiger partial charge in [0.1, 0.15) is 29.5 Å². The molecule has 1 amide bonds. The SMILES string of the molecule is N#CCC1CN(c2nc(OCC3CCCN3C3CC3)nc3c(F)c(-c4cccc5ccc(F)c(Cl)c45)ncc23)CCN1C(=O)O. The van der Waals surface area contributed by atoms with Crippen molar-refractivity contribution in [1.29, 1.82) is 5.26 Å². The van der Waals surface area contributed by atoms with E-state index in [1.54, 1.807) is 24.3 Å². The number of carboxylic acid groups (broad SMARTS) is 1. The third-order valence-electron chi connectivity index (χ3n) is 9.03. The maximum absolute atomic E-state index is 16.6. The highest BCUT2D eigenvalue weighted by atomic mass is 35.5. The second-order valence-electron chi connectivity index (χ2n) is 11.8. The molecule has 3 aliphatic rings. The summed E-state index contributed by atoms with van der Waals surface area (Å²) in [5, 5.41) is 20.2. The summed E-state index contributed by atoms with van der Waals surface area (Å²) in [6.45, 7) is 1.94. The third kappa shape index (κ3) is 5.44. The first-order valence-electron chi connectivity index (χ1n) is 15.1. The second kappa shape index (κ2) is 11.9. The van der Waals surface area contributed by atoms with Gasteiger partial charge in [0, 0.05) is 48.9 Å². The summed E-state index contributed by atoms with van der Waals surface area (Å²) in [7, 11) is 0. The zero-order valence-corrected chi connectivity index (χ0v) is 25.1. The number of carbonyl (C=O) groups is 1. The smallest absolute Gasteiger partial charge is 0.407 e. The molecule has 2 saturated heterocycles. The quantitative estimate of drug-likeness (QED) is 0.267. The van der Waals surface area contributed by atoms with Crippen molar-refractivity contribution in [2.24, 2.45) is 0 Å². The molecular formula is C32H30ClF2N7O3. The summed E-state index contributed by atoms with van der Waals surface area (Å²) in [4.78, 5) is 31.1. The molecule has 0 bridgehead atoms. The zero-order valence-electron chi connectivity index (χ0n) is 24.3. The van der Waals surface area contributed by atoms with Crippen molar-refractivity contribution < 1.29 is 23.4 Å². The molecular weight excluding hydrogens is 604 g/mol. The Kier molecular flexibility index (Phi) is 7.75. The van der Waals surface area contributed by atoms with Gasteiger partial charge in [-0.3, -0.25) is 9.88 Å². The van der Waals surface area contributed by atoms with Crippen molar-refractivity contribution in [3.63, 3.8) is 0 Å². The fraction of sp³-hybridized carbons (Fsp3) is 0.406. The van der Waals surface area contributed by atoms with Crippen LogP contribution in [0.1, 0.15) is 32.1 Å². The molecule has 1 aliphatic carbocycles. The van der Waals surface area contributed by atoms with Gasteiger partial charge in [-0.05, 0) is 43.7 Å². The number of anilines is 1. The lowest BCUT2D eigenvalue weighted by Gasteiger charge is -2.39. The van der Waals surface area contributed by atoms with Crippen LogP contribution in [-0.4, -0.2) is 86.9 Å². The Morgan fingerprint density at radius 2 is 1.96 bits per heavy atom. The molecule has 0 spiro atoms. The molecule has 13 heteroatoms. The van der Waals surface area contributed by atoms with Crippen LogP contribution in [0.25, 0.3) is 32.9 Å². The van der Waals surface area contributed by atoms with E-state index in [0.29, 0.717) is 40.2 Å². The first-order valence-corrected chi connectivity index (χ1v) is 15.4. The maximum atomic E-state index is 16.6. The number of amides is 1. The van der Waals surface area contributed by atoms with Crippen molar-refractivity contribution in [2.45, 2.75) is 50.2 Å². The number of fused-ring (bicyclic) bond motifs is 2. The van der Waals surface area contributed by atoms with Crippen molar-refractivity contribution in [3.8, 4) is 23.3 Å². The van der Waals surface area contributed by atoms with E-state index >= 15 is 4.39 Å². The highest BCUT2D eigenvalue weighted by molar-refractivity contribution is 6.36. The lowest BCUT2D eigenvalue weighted by molar-refractivity contribution is 0.119. The number of rotatable bonds is 7. The molecule has 4 aromatic rings. The predicted molar refractivity (Wildman–Crippen MR) is 164 cm³/mol. The Balaban J connectivity index is 1.32. The van der Waals surface area contributed by atoms with E-state index in [2.05, 4.69) is 20.9 Å². The highest BCUT2D eigenvalue weighted by Crippen LogP contribution is 2.39. The molecule has 232 valence electrons. The molecule has 1 saturated carbocycles. The van der Waals surface area contributed by atoms with Gasteiger partial charge in [0.2, 0.25) is 0 Å². The van der Waals surface area contributed by atoms with Gasteiger partial charge >= 0.3 is 12.1 Å². The van der Waals surface area contributed by atoms with Crippen LogP contribution in [0.15, 0.2) is 36.5 Å². The molecule has 2 unspecified atom stereocenters. The number of likely N-dealkylation sites (tertiary alicyclic amines) is 1. The molecule has 10 nitrogen and oxygen atoms in total. The standard InChI is InChI=1S/C32H30ClF2N7O3/c33-26-24(34)9-6-18-3-1-5-22(25(18)26)28-27(35)29-23(15-37-28)30(40-13-14-42(32(43)44)20(16-40)10-11-36)39-31(38-29)45-17-21-4-2-12-41(21)19-7-8-19/h1,3,5-6,9,15,19-21H,2,4,7-8,10,12-14,16-17H2,(H,43,44). The Labute approximate surface area is 262 Å². The van der Waals surface area contributed by atoms with Crippen molar-refractivity contribution in [3.05, 3.63) is 53.2 Å². The highest BCUT2D eigenvalue weighted by Gasteiger charge is 2.37. The first-order chi connectivity index (χ1) is 21.8. The van der Waals surface area contributed by atoms with Crippen LogP contribution < -0.4 is 9.64 Å². The minimum Gasteiger partial charge on any atom is -0.465 e. The number of aromatic nitrogens is 3. The fourth-order valence-corrected chi connectivity index (χ4v) is 6.97. The maximum Gasteiger partial charge on any atom is 0.407 e. The molecule has 3 fully saturated rings. The van der Waals surface area contributed by atoms with E-state index in [1.165, 1.54) is 30.0 Å². The summed E-state index contributed by atoms with van der Waals surface area (Å²) < 4.78 is 37.3. The largest absolute Gasteiger partial charge is 0.465 e. The average molecular weight is 634 g/mol. The number of pyridine rings is 1. The molecule has 2 aromatic heterocycles. The lowest BCUT2D eigenvalue weighted by Crippen LogP contribution is -2.55. The number of ether oxygens (including phenoxy) is 1. The third-order valence-corrected chi connectivity index (χ3v) is 9.40. The van der Waals surface area contributed by atoms with E-state index in [9.17, 15) is 19.6 Å². The van der Waals surface area contributed by atoms with Gasteiger partial charge in [-0.2, -0.15) is 15.2 Å². The van der Waals surface area contributed by atoms with E-state index in [0.717, 1.165) is 19.4 Å². The molecule has 2 atom stereocenters.